The van der Waals surface area contributed by atoms with Crippen molar-refractivity contribution in [3.05, 3.63) is 105 Å². The topological polar surface area (TPSA) is 36.1 Å². The van der Waals surface area contributed by atoms with E-state index >= 15 is 0 Å². The molecular weight excluding hydrogens is 431 g/mol. The quantitative estimate of drug-likeness (QED) is 0.409. The molecule has 1 aliphatic heterocycles. The minimum atomic E-state index is -0.289. The van der Waals surface area contributed by atoms with Crippen LogP contribution in [0.4, 0.5) is 4.39 Å². The van der Waals surface area contributed by atoms with Gasteiger partial charge in [-0.15, -0.1) is 0 Å². The second-order valence-corrected chi connectivity index (χ2v) is 8.19. The van der Waals surface area contributed by atoms with Gasteiger partial charge in [-0.25, -0.2) is 4.39 Å². The maximum Gasteiger partial charge on any atom is 0.254 e. The van der Waals surface area contributed by atoms with Gasteiger partial charge in [-0.1, -0.05) is 46.3 Å². The van der Waals surface area contributed by atoms with E-state index in [-0.39, 0.29) is 17.8 Å². The summed E-state index contributed by atoms with van der Waals surface area (Å²) >= 11 is 3.42. The van der Waals surface area contributed by atoms with E-state index in [1.807, 2.05) is 41.3 Å². The van der Waals surface area contributed by atoms with Crippen LogP contribution >= 0.6 is 15.9 Å². The van der Waals surface area contributed by atoms with Crippen LogP contribution in [0.15, 0.2) is 77.3 Å². The highest BCUT2D eigenvalue weighted by molar-refractivity contribution is 9.10. The molecule has 1 unspecified atom stereocenters. The molecule has 0 spiro atoms. The monoisotopic (exact) mass is 448 g/mol. The SMILES string of the molecule is O=C(c1ccc(Br)cc1)N1CCc2c([nH]c3ccccc23)C1c1ccc(F)cc1. The Morgan fingerprint density at radius 1 is 1.00 bits per heavy atom. The fraction of sp³-hybridized carbons (Fsp3) is 0.125. The van der Waals surface area contributed by atoms with Crippen molar-refractivity contribution < 1.29 is 9.18 Å². The lowest BCUT2D eigenvalue weighted by atomic mass is 9.91. The van der Waals surface area contributed by atoms with Crippen molar-refractivity contribution in [2.24, 2.45) is 0 Å². The fourth-order valence-corrected chi connectivity index (χ4v) is 4.47. The molecule has 3 aromatic carbocycles. The highest BCUT2D eigenvalue weighted by Crippen LogP contribution is 2.39. The lowest BCUT2D eigenvalue weighted by Crippen LogP contribution is -2.40. The number of hydrogen-bond acceptors (Lipinski definition) is 1. The number of amides is 1. The van der Waals surface area contributed by atoms with Crippen LogP contribution in [-0.2, 0) is 6.42 Å². The molecule has 3 nitrogen and oxygen atoms in total. The second kappa shape index (κ2) is 7.16. The van der Waals surface area contributed by atoms with Crippen molar-refractivity contribution in [3.8, 4) is 0 Å². The summed E-state index contributed by atoms with van der Waals surface area (Å²) in [6.07, 6.45) is 0.777. The first-order valence-electron chi connectivity index (χ1n) is 9.53. The highest BCUT2D eigenvalue weighted by Gasteiger charge is 2.34. The Morgan fingerprint density at radius 2 is 1.72 bits per heavy atom. The molecule has 29 heavy (non-hydrogen) atoms. The zero-order valence-corrected chi connectivity index (χ0v) is 17.1. The summed E-state index contributed by atoms with van der Waals surface area (Å²) in [5, 5.41) is 1.19. The number of aromatic nitrogens is 1. The van der Waals surface area contributed by atoms with Gasteiger partial charge in [0.15, 0.2) is 0 Å². The largest absolute Gasteiger partial charge is 0.356 e. The summed E-state index contributed by atoms with van der Waals surface area (Å²) in [6.45, 7) is 0.603. The zero-order chi connectivity index (χ0) is 20.0. The molecule has 1 amide bonds. The van der Waals surface area contributed by atoms with Gasteiger partial charge in [0.2, 0.25) is 0 Å². The van der Waals surface area contributed by atoms with Gasteiger partial charge in [-0.3, -0.25) is 4.79 Å². The van der Waals surface area contributed by atoms with Crippen LogP contribution in [-0.4, -0.2) is 22.3 Å². The number of nitrogens with one attached hydrogen (secondary N) is 1. The molecule has 0 radical (unpaired) electrons. The Morgan fingerprint density at radius 3 is 2.48 bits per heavy atom. The van der Waals surface area contributed by atoms with Crippen molar-refractivity contribution in [3.63, 3.8) is 0 Å². The Bertz CT molecular complexity index is 1200. The number of rotatable bonds is 2. The third kappa shape index (κ3) is 3.15. The molecule has 1 aliphatic rings. The Labute approximate surface area is 176 Å². The Hall–Kier alpha value is -2.92. The number of H-pyrrole nitrogens is 1. The van der Waals surface area contributed by atoms with E-state index in [2.05, 4.69) is 33.0 Å². The molecular formula is C24H18BrFN2O. The van der Waals surface area contributed by atoms with Gasteiger partial charge < -0.3 is 9.88 Å². The maximum atomic E-state index is 13.6. The van der Waals surface area contributed by atoms with Gasteiger partial charge in [-0.2, -0.15) is 0 Å². The molecule has 0 bridgehead atoms. The van der Waals surface area contributed by atoms with Gasteiger partial charge in [0.05, 0.1) is 6.04 Å². The van der Waals surface area contributed by atoms with E-state index in [9.17, 15) is 9.18 Å². The van der Waals surface area contributed by atoms with Gasteiger partial charge in [-0.05, 0) is 60.0 Å². The molecule has 144 valence electrons. The Kier molecular flexibility index (Phi) is 4.47. The van der Waals surface area contributed by atoms with E-state index < -0.39 is 0 Å². The second-order valence-electron chi connectivity index (χ2n) is 7.27. The predicted octanol–water partition coefficient (Wildman–Crippen LogP) is 5.86. The van der Waals surface area contributed by atoms with Crippen LogP contribution in [0.25, 0.3) is 10.9 Å². The number of benzene rings is 3. The molecule has 5 rings (SSSR count). The van der Waals surface area contributed by atoms with Gasteiger partial charge in [0.1, 0.15) is 5.82 Å². The first-order chi connectivity index (χ1) is 14.1. The average Bonchev–Trinajstić information content (AvgIpc) is 3.12. The average molecular weight is 449 g/mol. The molecule has 1 N–H and O–H groups in total. The number of para-hydroxylation sites is 1. The molecule has 0 saturated heterocycles. The maximum absolute atomic E-state index is 13.6. The van der Waals surface area contributed by atoms with E-state index in [1.165, 1.54) is 23.1 Å². The van der Waals surface area contributed by atoms with E-state index in [1.54, 1.807) is 12.1 Å². The van der Waals surface area contributed by atoms with Crippen molar-refractivity contribution in [2.75, 3.05) is 6.54 Å². The lowest BCUT2D eigenvalue weighted by molar-refractivity contribution is 0.0692. The van der Waals surface area contributed by atoms with Crippen LogP contribution in [0.5, 0.6) is 0 Å². The molecule has 1 atom stereocenters. The number of carbonyl (C=O) groups excluding carboxylic acids is 1. The third-order valence-electron chi connectivity index (χ3n) is 5.57. The summed E-state index contributed by atoms with van der Waals surface area (Å²) in [7, 11) is 0. The Balaban J connectivity index is 1.65. The number of fused-ring (bicyclic) bond motifs is 3. The fourth-order valence-electron chi connectivity index (χ4n) is 4.21. The minimum absolute atomic E-state index is 0.0314. The number of aromatic amines is 1. The van der Waals surface area contributed by atoms with Crippen LogP contribution in [0, 0.1) is 5.82 Å². The number of halogens is 2. The summed E-state index contributed by atoms with van der Waals surface area (Å²) < 4.78 is 14.5. The third-order valence-corrected chi connectivity index (χ3v) is 6.10. The number of carbonyl (C=O) groups is 1. The molecule has 0 saturated carbocycles. The summed E-state index contributed by atoms with van der Waals surface area (Å²) in [5.41, 5.74) is 4.83. The van der Waals surface area contributed by atoms with Gasteiger partial charge in [0.25, 0.3) is 5.91 Å². The van der Waals surface area contributed by atoms with Crippen molar-refractivity contribution in [1.29, 1.82) is 0 Å². The van der Waals surface area contributed by atoms with Crippen molar-refractivity contribution in [2.45, 2.75) is 12.5 Å². The standard InChI is InChI=1S/C24H18BrFN2O/c25-17-9-5-16(6-10-17)24(29)28-14-13-20-19-3-1-2-4-21(19)27-22(20)23(28)15-7-11-18(26)12-8-15/h1-12,23,27H,13-14H2. The van der Waals surface area contributed by atoms with Crippen LogP contribution in [0.3, 0.4) is 0 Å². The van der Waals surface area contributed by atoms with Crippen LogP contribution in [0.2, 0.25) is 0 Å². The number of nitrogens with zero attached hydrogens (tertiary/aromatic N) is 1. The predicted molar refractivity (Wildman–Crippen MR) is 115 cm³/mol. The molecule has 2 heterocycles. The summed E-state index contributed by atoms with van der Waals surface area (Å²) in [6, 6.07) is 21.7. The summed E-state index contributed by atoms with van der Waals surface area (Å²) in [4.78, 5) is 18.8. The van der Waals surface area contributed by atoms with Crippen LogP contribution in [0.1, 0.15) is 33.2 Å². The smallest absolute Gasteiger partial charge is 0.254 e. The molecule has 5 heteroatoms. The van der Waals surface area contributed by atoms with E-state index in [0.717, 1.165) is 27.7 Å². The normalized spacial score (nSPS) is 16.1. The van der Waals surface area contributed by atoms with Crippen molar-refractivity contribution in [1.82, 2.24) is 9.88 Å². The number of hydrogen-bond donors (Lipinski definition) is 1. The molecule has 0 fully saturated rings. The van der Waals surface area contributed by atoms with Gasteiger partial charge >= 0.3 is 0 Å². The van der Waals surface area contributed by atoms with Crippen LogP contribution < -0.4 is 0 Å². The first-order valence-corrected chi connectivity index (χ1v) is 10.3. The van der Waals surface area contributed by atoms with Gasteiger partial charge in [0, 0.05) is 33.2 Å². The molecule has 1 aromatic heterocycles. The zero-order valence-electron chi connectivity index (χ0n) is 15.5. The van der Waals surface area contributed by atoms with E-state index in [4.69, 9.17) is 0 Å². The van der Waals surface area contributed by atoms with E-state index in [0.29, 0.717) is 12.1 Å². The molecule has 0 aliphatic carbocycles. The van der Waals surface area contributed by atoms with Crippen molar-refractivity contribution >= 4 is 32.7 Å². The highest BCUT2D eigenvalue weighted by atomic mass is 79.9. The molecule has 4 aromatic rings. The first kappa shape index (κ1) is 18.1. The minimum Gasteiger partial charge on any atom is -0.356 e. The summed E-state index contributed by atoms with van der Waals surface area (Å²) in [5.74, 6) is -0.316. The lowest BCUT2D eigenvalue weighted by Gasteiger charge is -2.36.